The number of hydrogen-bond acceptors (Lipinski definition) is 4. The molecule has 0 aliphatic carbocycles. The molecular formula is C11H15N3O2. The Balaban J connectivity index is 1.73. The first-order valence-corrected chi connectivity index (χ1v) is 5.71. The van der Waals surface area contributed by atoms with Gasteiger partial charge in [-0.2, -0.15) is 0 Å². The van der Waals surface area contributed by atoms with E-state index in [-0.39, 0.29) is 5.91 Å². The summed E-state index contributed by atoms with van der Waals surface area (Å²) >= 11 is 0. The molecule has 5 nitrogen and oxygen atoms in total. The van der Waals surface area contributed by atoms with Crippen molar-refractivity contribution < 1.29 is 9.21 Å². The topological polar surface area (TPSA) is 58.4 Å². The highest BCUT2D eigenvalue weighted by molar-refractivity contribution is 5.91. The number of carbonyl (C=O) groups excluding carboxylic acids is 1. The minimum atomic E-state index is -0.0194. The number of likely N-dealkylation sites (tertiary alicyclic amines) is 1. The van der Waals surface area contributed by atoms with Crippen molar-refractivity contribution in [2.45, 2.75) is 6.42 Å². The van der Waals surface area contributed by atoms with Gasteiger partial charge in [0.1, 0.15) is 0 Å². The van der Waals surface area contributed by atoms with Crippen LogP contribution in [0.25, 0.3) is 0 Å². The van der Waals surface area contributed by atoms with Crippen molar-refractivity contribution in [3.8, 4) is 0 Å². The standard InChI is InChI=1S/C11H15N3O2/c15-11(10-4-13-7-16-10)14-5-8-1-9(6-14)3-12-2-8/h4,7-9,12H,1-3,5-6H2. The summed E-state index contributed by atoms with van der Waals surface area (Å²) in [5.74, 6) is 1.53. The summed E-state index contributed by atoms with van der Waals surface area (Å²) in [6.07, 6.45) is 4.04. The second kappa shape index (κ2) is 3.90. The zero-order chi connectivity index (χ0) is 11.0. The van der Waals surface area contributed by atoms with E-state index < -0.39 is 0 Å². The van der Waals surface area contributed by atoms with Crippen LogP contribution in [-0.4, -0.2) is 42.0 Å². The average molecular weight is 221 g/mol. The molecule has 2 aliphatic heterocycles. The van der Waals surface area contributed by atoms with Crippen LogP contribution in [-0.2, 0) is 0 Å². The molecule has 0 aromatic carbocycles. The van der Waals surface area contributed by atoms with Crippen LogP contribution in [0.1, 0.15) is 17.0 Å². The molecule has 0 radical (unpaired) electrons. The summed E-state index contributed by atoms with van der Waals surface area (Å²) in [5, 5.41) is 3.41. The molecular weight excluding hydrogens is 206 g/mol. The Morgan fingerprint density at radius 2 is 2.19 bits per heavy atom. The third-order valence-electron chi connectivity index (χ3n) is 3.42. The fraction of sp³-hybridized carbons (Fsp3) is 0.636. The van der Waals surface area contributed by atoms with Crippen LogP contribution in [0.5, 0.6) is 0 Å². The van der Waals surface area contributed by atoms with Crippen LogP contribution in [0.2, 0.25) is 0 Å². The Morgan fingerprint density at radius 1 is 1.44 bits per heavy atom. The first kappa shape index (κ1) is 9.84. The van der Waals surface area contributed by atoms with E-state index in [1.54, 1.807) is 0 Å². The number of aromatic nitrogens is 1. The van der Waals surface area contributed by atoms with Gasteiger partial charge in [0.15, 0.2) is 6.39 Å². The molecule has 5 heteroatoms. The fourth-order valence-electron chi connectivity index (χ4n) is 2.75. The normalized spacial score (nSPS) is 29.1. The van der Waals surface area contributed by atoms with Crippen molar-refractivity contribution in [1.82, 2.24) is 15.2 Å². The maximum Gasteiger partial charge on any atom is 0.291 e. The Morgan fingerprint density at radius 3 is 2.81 bits per heavy atom. The van der Waals surface area contributed by atoms with Crippen LogP contribution in [0.3, 0.4) is 0 Å². The molecule has 1 N–H and O–H groups in total. The lowest BCUT2D eigenvalue weighted by molar-refractivity contribution is 0.0508. The van der Waals surface area contributed by atoms with Gasteiger partial charge in [0.25, 0.3) is 5.91 Å². The lowest BCUT2D eigenvalue weighted by atomic mass is 9.86. The Kier molecular flexibility index (Phi) is 2.40. The van der Waals surface area contributed by atoms with E-state index in [4.69, 9.17) is 4.42 Å². The van der Waals surface area contributed by atoms with Crippen molar-refractivity contribution in [1.29, 1.82) is 0 Å². The maximum atomic E-state index is 12.1. The molecule has 1 aromatic heterocycles. The highest BCUT2D eigenvalue weighted by Gasteiger charge is 2.33. The lowest BCUT2D eigenvalue weighted by Gasteiger charge is -2.41. The minimum Gasteiger partial charge on any atom is -0.438 e. The molecule has 2 saturated heterocycles. The maximum absolute atomic E-state index is 12.1. The Hall–Kier alpha value is -1.36. The number of hydrogen-bond donors (Lipinski definition) is 1. The van der Waals surface area contributed by atoms with E-state index in [0.717, 1.165) is 26.2 Å². The van der Waals surface area contributed by atoms with Crippen LogP contribution in [0, 0.1) is 11.8 Å². The molecule has 2 unspecified atom stereocenters. The number of amides is 1. The Bertz CT molecular complexity index is 365. The van der Waals surface area contributed by atoms with Crippen molar-refractivity contribution >= 4 is 5.91 Å². The number of carbonyl (C=O) groups is 1. The van der Waals surface area contributed by atoms with Crippen LogP contribution in [0.4, 0.5) is 0 Å². The molecule has 3 rings (SSSR count). The first-order chi connectivity index (χ1) is 7.83. The smallest absolute Gasteiger partial charge is 0.291 e. The van der Waals surface area contributed by atoms with E-state index in [0.29, 0.717) is 17.6 Å². The summed E-state index contributed by atoms with van der Waals surface area (Å²) in [7, 11) is 0. The summed E-state index contributed by atoms with van der Waals surface area (Å²) in [4.78, 5) is 17.8. The summed E-state index contributed by atoms with van der Waals surface area (Å²) in [5.41, 5.74) is 0. The van der Waals surface area contributed by atoms with Crippen LogP contribution in [0.15, 0.2) is 17.0 Å². The number of nitrogens with zero attached hydrogens (tertiary/aromatic N) is 2. The van der Waals surface area contributed by atoms with Gasteiger partial charge in [-0.3, -0.25) is 4.79 Å². The minimum absolute atomic E-state index is 0.0194. The molecule has 2 aliphatic rings. The number of oxazole rings is 1. The molecule has 0 saturated carbocycles. The predicted molar refractivity (Wildman–Crippen MR) is 56.9 cm³/mol. The van der Waals surface area contributed by atoms with Gasteiger partial charge in [-0.1, -0.05) is 0 Å². The van der Waals surface area contributed by atoms with E-state index in [2.05, 4.69) is 10.3 Å². The first-order valence-electron chi connectivity index (χ1n) is 5.71. The molecule has 2 fully saturated rings. The number of piperidine rings is 2. The van der Waals surface area contributed by atoms with Gasteiger partial charge in [-0.15, -0.1) is 0 Å². The summed E-state index contributed by atoms with van der Waals surface area (Å²) in [6.45, 7) is 3.72. The average Bonchev–Trinajstić information content (AvgIpc) is 2.81. The van der Waals surface area contributed by atoms with E-state index in [1.807, 2.05) is 4.90 Å². The van der Waals surface area contributed by atoms with Gasteiger partial charge in [0.2, 0.25) is 5.76 Å². The highest BCUT2D eigenvalue weighted by Crippen LogP contribution is 2.25. The lowest BCUT2D eigenvalue weighted by Crippen LogP contribution is -2.52. The largest absolute Gasteiger partial charge is 0.438 e. The molecule has 3 heterocycles. The zero-order valence-electron chi connectivity index (χ0n) is 9.06. The second-order valence-electron chi connectivity index (χ2n) is 4.70. The van der Waals surface area contributed by atoms with Crippen LogP contribution >= 0.6 is 0 Å². The summed E-state index contributed by atoms with van der Waals surface area (Å²) in [6, 6.07) is 0. The van der Waals surface area contributed by atoms with Crippen molar-refractivity contribution in [3.63, 3.8) is 0 Å². The molecule has 2 atom stereocenters. The number of rotatable bonds is 1. The van der Waals surface area contributed by atoms with Gasteiger partial charge < -0.3 is 14.6 Å². The highest BCUT2D eigenvalue weighted by atomic mass is 16.3. The SMILES string of the molecule is O=C(c1cnco1)N1CC2CNCC(C2)C1. The third-order valence-corrected chi connectivity index (χ3v) is 3.42. The van der Waals surface area contributed by atoms with Gasteiger partial charge >= 0.3 is 0 Å². The van der Waals surface area contributed by atoms with Crippen molar-refractivity contribution in [3.05, 3.63) is 18.4 Å². The number of nitrogens with one attached hydrogen (secondary N) is 1. The van der Waals surface area contributed by atoms with Gasteiger partial charge in [-0.05, 0) is 31.3 Å². The van der Waals surface area contributed by atoms with Gasteiger partial charge in [0, 0.05) is 13.1 Å². The predicted octanol–water partition coefficient (Wildman–Crippen LogP) is 0.356. The molecule has 86 valence electrons. The second-order valence-corrected chi connectivity index (χ2v) is 4.70. The zero-order valence-corrected chi connectivity index (χ0v) is 9.06. The molecule has 1 amide bonds. The molecule has 1 aromatic rings. The van der Waals surface area contributed by atoms with E-state index in [9.17, 15) is 4.79 Å². The monoisotopic (exact) mass is 221 g/mol. The van der Waals surface area contributed by atoms with Crippen molar-refractivity contribution in [2.24, 2.45) is 11.8 Å². The van der Waals surface area contributed by atoms with E-state index in [1.165, 1.54) is 19.0 Å². The van der Waals surface area contributed by atoms with Gasteiger partial charge in [-0.25, -0.2) is 4.98 Å². The molecule has 0 spiro atoms. The fourth-order valence-corrected chi connectivity index (χ4v) is 2.75. The van der Waals surface area contributed by atoms with Crippen LogP contribution < -0.4 is 5.32 Å². The molecule has 2 bridgehead atoms. The molecule has 16 heavy (non-hydrogen) atoms. The quantitative estimate of drug-likeness (QED) is 0.743. The summed E-state index contributed by atoms with van der Waals surface area (Å²) < 4.78 is 5.05. The van der Waals surface area contributed by atoms with Crippen molar-refractivity contribution in [2.75, 3.05) is 26.2 Å². The van der Waals surface area contributed by atoms with Gasteiger partial charge in [0.05, 0.1) is 6.20 Å². The Labute approximate surface area is 93.8 Å². The van der Waals surface area contributed by atoms with E-state index >= 15 is 0 Å². The number of fused-ring (bicyclic) bond motifs is 2. The third kappa shape index (κ3) is 1.71.